The molecule has 0 amide bonds. The molecule has 1 aromatic heterocycles. The van der Waals surface area contributed by atoms with Gasteiger partial charge < -0.3 is 5.73 Å². The van der Waals surface area contributed by atoms with Gasteiger partial charge in [0, 0.05) is 19.0 Å². The van der Waals surface area contributed by atoms with Crippen LogP contribution in [0, 0.1) is 6.92 Å². The molecule has 0 aliphatic carbocycles. The van der Waals surface area contributed by atoms with Crippen LogP contribution in [0.1, 0.15) is 11.3 Å². The van der Waals surface area contributed by atoms with Crippen LogP contribution in [0.2, 0.25) is 0 Å². The fourth-order valence-corrected chi connectivity index (χ4v) is 2.68. The number of nitrogens with two attached hydrogens (primary N) is 1. The Morgan fingerprint density at radius 3 is 2.82 bits per heavy atom. The van der Waals surface area contributed by atoms with Gasteiger partial charge in [-0.1, -0.05) is 23.8 Å². The molecule has 1 heterocycles. The smallest absolute Gasteiger partial charge is 0.107 e. The van der Waals surface area contributed by atoms with E-state index in [-0.39, 0.29) is 0 Å². The molecule has 0 spiro atoms. The van der Waals surface area contributed by atoms with Crippen molar-refractivity contribution in [3.05, 3.63) is 40.0 Å². The lowest BCUT2D eigenvalue weighted by atomic mass is 10.1. The van der Waals surface area contributed by atoms with E-state index in [1.807, 2.05) is 17.8 Å². The molecule has 90 valence electrons. The zero-order valence-electron chi connectivity index (χ0n) is 10.1. The highest BCUT2D eigenvalue weighted by Crippen LogP contribution is 2.30. The van der Waals surface area contributed by atoms with Gasteiger partial charge in [0.1, 0.15) is 5.69 Å². The zero-order valence-corrected chi connectivity index (χ0v) is 11.7. The van der Waals surface area contributed by atoms with Crippen LogP contribution < -0.4 is 5.73 Å². The second-order valence-electron chi connectivity index (χ2n) is 4.14. The first-order valence-electron chi connectivity index (χ1n) is 5.62. The van der Waals surface area contributed by atoms with Gasteiger partial charge in [0.05, 0.1) is 10.2 Å². The quantitative estimate of drug-likeness (QED) is 0.945. The van der Waals surface area contributed by atoms with Gasteiger partial charge >= 0.3 is 0 Å². The molecular formula is C13H16BrN3. The Morgan fingerprint density at radius 1 is 1.41 bits per heavy atom. The third-order valence-corrected chi connectivity index (χ3v) is 3.61. The summed E-state index contributed by atoms with van der Waals surface area (Å²) in [6.45, 7) is 2.71. The van der Waals surface area contributed by atoms with Crippen LogP contribution >= 0.6 is 15.9 Å². The molecule has 0 radical (unpaired) electrons. The van der Waals surface area contributed by atoms with Crippen LogP contribution in [-0.4, -0.2) is 16.3 Å². The van der Waals surface area contributed by atoms with Crippen molar-refractivity contribution in [2.24, 2.45) is 12.8 Å². The second-order valence-corrected chi connectivity index (χ2v) is 4.93. The average molecular weight is 294 g/mol. The Balaban J connectivity index is 2.50. The summed E-state index contributed by atoms with van der Waals surface area (Å²) in [7, 11) is 1.95. The first-order valence-corrected chi connectivity index (χ1v) is 6.41. The second kappa shape index (κ2) is 5.02. The van der Waals surface area contributed by atoms with Gasteiger partial charge in [-0.25, -0.2) is 0 Å². The number of aromatic nitrogens is 2. The van der Waals surface area contributed by atoms with E-state index in [0.29, 0.717) is 6.54 Å². The van der Waals surface area contributed by atoms with Crippen molar-refractivity contribution in [3.8, 4) is 11.3 Å². The SMILES string of the molecule is Cc1cccc(-c2nn(C)c(CCN)c2Br)c1. The number of hydrogen-bond donors (Lipinski definition) is 1. The van der Waals surface area contributed by atoms with E-state index < -0.39 is 0 Å². The van der Waals surface area contributed by atoms with E-state index in [1.54, 1.807) is 0 Å². The lowest BCUT2D eigenvalue weighted by Gasteiger charge is -2.00. The molecule has 0 saturated heterocycles. The number of halogens is 1. The summed E-state index contributed by atoms with van der Waals surface area (Å²) in [6.07, 6.45) is 0.829. The number of hydrogen-bond acceptors (Lipinski definition) is 2. The minimum atomic E-state index is 0.630. The van der Waals surface area contributed by atoms with Crippen molar-refractivity contribution in [1.29, 1.82) is 0 Å². The van der Waals surface area contributed by atoms with E-state index in [0.717, 1.165) is 27.8 Å². The molecule has 2 rings (SSSR count). The van der Waals surface area contributed by atoms with E-state index >= 15 is 0 Å². The van der Waals surface area contributed by atoms with Crippen molar-refractivity contribution < 1.29 is 0 Å². The third kappa shape index (κ3) is 2.42. The normalized spacial score (nSPS) is 10.8. The standard InChI is InChI=1S/C13H16BrN3/c1-9-4-3-5-10(8-9)13-12(14)11(6-7-15)17(2)16-13/h3-5,8H,6-7,15H2,1-2H3. The van der Waals surface area contributed by atoms with Crippen molar-refractivity contribution in [2.45, 2.75) is 13.3 Å². The summed E-state index contributed by atoms with van der Waals surface area (Å²) < 4.78 is 2.95. The number of rotatable bonds is 3. The molecule has 3 nitrogen and oxygen atoms in total. The average Bonchev–Trinajstić information content (AvgIpc) is 2.57. The molecule has 0 fully saturated rings. The van der Waals surface area contributed by atoms with E-state index in [1.165, 1.54) is 5.56 Å². The Hall–Kier alpha value is -1.13. The predicted octanol–water partition coefficient (Wildman–Crippen LogP) is 2.66. The monoisotopic (exact) mass is 293 g/mol. The highest BCUT2D eigenvalue weighted by molar-refractivity contribution is 9.10. The minimum Gasteiger partial charge on any atom is -0.330 e. The van der Waals surface area contributed by atoms with Crippen molar-refractivity contribution in [3.63, 3.8) is 0 Å². The molecule has 2 aromatic rings. The van der Waals surface area contributed by atoms with Gasteiger partial charge in [0.2, 0.25) is 0 Å². The molecule has 0 aliphatic rings. The van der Waals surface area contributed by atoms with E-state index in [4.69, 9.17) is 5.73 Å². The molecule has 0 bridgehead atoms. The van der Waals surface area contributed by atoms with Crippen LogP contribution in [0.3, 0.4) is 0 Å². The molecule has 4 heteroatoms. The van der Waals surface area contributed by atoms with Gasteiger partial charge in [-0.3, -0.25) is 4.68 Å². The van der Waals surface area contributed by atoms with Crippen molar-refractivity contribution in [1.82, 2.24) is 9.78 Å². The molecule has 2 N–H and O–H groups in total. The van der Waals surface area contributed by atoms with Crippen LogP contribution in [0.25, 0.3) is 11.3 Å². The summed E-state index contributed by atoms with van der Waals surface area (Å²) in [5.74, 6) is 0. The Kier molecular flexibility index (Phi) is 3.64. The van der Waals surface area contributed by atoms with E-state index in [2.05, 4.69) is 46.2 Å². The summed E-state index contributed by atoms with van der Waals surface area (Å²) in [5, 5.41) is 4.55. The maximum Gasteiger partial charge on any atom is 0.107 e. The Morgan fingerprint density at radius 2 is 2.18 bits per heavy atom. The lowest BCUT2D eigenvalue weighted by Crippen LogP contribution is -2.07. The predicted molar refractivity (Wildman–Crippen MR) is 73.8 cm³/mol. The van der Waals surface area contributed by atoms with Gasteiger partial charge in [0.15, 0.2) is 0 Å². The van der Waals surface area contributed by atoms with Crippen LogP contribution in [-0.2, 0) is 13.5 Å². The van der Waals surface area contributed by atoms with Crippen LogP contribution in [0.5, 0.6) is 0 Å². The number of aryl methyl sites for hydroxylation is 2. The maximum absolute atomic E-state index is 5.61. The van der Waals surface area contributed by atoms with Gasteiger partial charge in [0.25, 0.3) is 0 Å². The largest absolute Gasteiger partial charge is 0.330 e. The summed E-state index contributed by atoms with van der Waals surface area (Å²) in [4.78, 5) is 0. The van der Waals surface area contributed by atoms with Crippen molar-refractivity contribution >= 4 is 15.9 Å². The molecule has 0 aliphatic heterocycles. The van der Waals surface area contributed by atoms with Crippen LogP contribution in [0.4, 0.5) is 0 Å². The third-order valence-electron chi connectivity index (χ3n) is 2.77. The fourth-order valence-electron chi connectivity index (χ4n) is 1.92. The molecule has 1 aromatic carbocycles. The zero-order chi connectivity index (χ0) is 12.4. The Bertz CT molecular complexity index is 531. The van der Waals surface area contributed by atoms with E-state index in [9.17, 15) is 0 Å². The molecular weight excluding hydrogens is 278 g/mol. The highest BCUT2D eigenvalue weighted by Gasteiger charge is 2.14. The summed E-state index contributed by atoms with van der Waals surface area (Å²) in [6, 6.07) is 8.35. The summed E-state index contributed by atoms with van der Waals surface area (Å²) in [5.41, 5.74) is 10.1. The van der Waals surface area contributed by atoms with Crippen LogP contribution in [0.15, 0.2) is 28.7 Å². The highest BCUT2D eigenvalue weighted by atomic mass is 79.9. The fraction of sp³-hybridized carbons (Fsp3) is 0.308. The Labute approximate surface area is 110 Å². The maximum atomic E-state index is 5.61. The topological polar surface area (TPSA) is 43.8 Å². The summed E-state index contributed by atoms with van der Waals surface area (Å²) >= 11 is 3.63. The van der Waals surface area contributed by atoms with Gasteiger partial charge in [-0.05, 0) is 35.5 Å². The molecule has 0 atom stereocenters. The van der Waals surface area contributed by atoms with Crippen molar-refractivity contribution in [2.75, 3.05) is 6.54 Å². The van der Waals surface area contributed by atoms with Gasteiger partial charge in [-0.15, -0.1) is 0 Å². The first kappa shape index (κ1) is 12.3. The molecule has 0 unspecified atom stereocenters. The number of benzene rings is 1. The molecule has 17 heavy (non-hydrogen) atoms. The lowest BCUT2D eigenvalue weighted by molar-refractivity contribution is 0.707. The first-order chi connectivity index (χ1) is 8.13. The number of nitrogens with zero attached hydrogens (tertiary/aromatic N) is 2. The molecule has 0 saturated carbocycles. The van der Waals surface area contributed by atoms with Gasteiger partial charge in [-0.2, -0.15) is 5.10 Å². The minimum absolute atomic E-state index is 0.630.